The molecule has 1 heteroatoms. The molecule has 1 nitrogen and oxygen atoms in total. The van der Waals surface area contributed by atoms with Crippen molar-refractivity contribution >= 4 is 0 Å². The molecule has 56 valence electrons. The summed E-state index contributed by atoms with van der Waals surface area (Å²) in [5.74, 6) is 2.10. The minimum atomic E-state index is 0.853. The van der Waals surface area contributed by atoms with Crippen LogP contribution >= 0.6 is 0 Å². The van der Waals surface area contributed by atoms with Gasteiger partial charge in [-0.25, -0.2) is 0 Å². The monoisotopic (exact) mass is 138 g/mol. The lowest BCUT2D eigenvalue weighted by atomic mass is 9.89. The molecule has 0 aromatic heterocycles. The summed E-state index contributed by atoms with van der Waals surface area (Å²) in [7, 11) is 0. The number of hydrogen-bond acceptors (Lipinski definition) is 1. The summed E-state index contributed by atoms with van der Waals surface area (Å²) >= 11 is 0. The number of epoxide rings is 1. The van der Waals surface area contributed by atoms with E-state index in [2.05, 4.69) is 6.08 Å². The van der Waals surface area contributed by atoms with E-state index in [9.17, 15) is 0 Å². The van der Waals surface area contributed by atoms with Crippen molar-refractivity contribution in [1.82, 2.24) is 0 Å². The molecule has 2 rings (SSSR count). The number of ether oxygens (including phenoxy) is 1. The number of hydrogen-bond donors (Lipinski definition) is 0. The Hall–Kier alpha value is -0.460. The zero-order valence-corrected chi connectivity index (χ0v) is 6.31. The van der Waals surface area contributed by atoms with Gasteiger partial charge in [-0.1, -0.05) is 19.3 Å². The van der Waals surface area contributed by atoms with Crippen LogP contribution in [0.1, 0.15) is 32.1 Å². The summed E-state index contributed by atoms with van der Waals surface area (Å²) in [4.78, 5) is 0. The molecule has 1 heterocycles. The highest BCUT2D eigenvalue weighted by molar-refractivity contribution is 5.07. The Labute approximate surface area is 62.1 Å². The van der Waals surface area contributed by atoms with Crippen LogP contribution in [0.2, 0.25) is 0 Å². The number of allylic oxidation sites excluding steroid dienone is 1. The fourth-order valence-corrected chi connectivity index (χ4v) is 1.70. The largest absolute Gasteiger partial charge is 0.487 e. The maximum absolute atomic E-state index is 5.07. The van der Waals surface area contributed by atoms with Gasteiger partial charge in [0, 0.05) is 0 Å². The van der Waals surface area contributed by atoms with E-state index in [4.69, 9.17) is 4.74 Å². The lowest BCUT2D eigenvalue weighted by Gasteiger charge is -2.16. The molecule has 0 aromatic carbocycles. The summed E-state index contributed by atoms with van der Waals surface area (Å²) in [6, 6.07) is 0. The molecule has 1 saturated heterocycles. The summed E-state index contributed by atoms with van der Waals surface area (Å²) in [5, 5.41) is 0. The van der Waals surface area contributed by atoms with Gasteiger partial charge in [0.15, 0.2) is 0 Å². The molecular formula is C9H14O. The first-order valence-electron chi connectivity index (χ1n) is 4.28. The molecule has 0 amide bonds. The molecule has 0 atom stereocenters. The molecule has 0 unspecified atom stereocenters. The van der Waals surface area contributed by atoms with Crippen LogP contribution in [0.15, 0.2) is 11.8 Å². The molecule has 1 saturated carbocycles. The van der Waals surface area contributed by atoms with Gasteiger partial charge in [0.1, 0.15) is 12.4 Å². The first kappa shape index (κ1) is 6.26. The Balaban J connectivity index is 1.84. The molecule has 0 spiro atoms. The lowest BCUT2D eigenvalue weighted by molar-refractivity contribution is 0.413. The quantitative estimate of drug-likeness (QED) is 0.507. The van der Waals surface area contributed by atoms with Crippen molar-refractivity contribution in [3.05, 3.63) is 11.8 Å². The third-order valence-electron chi connectivity index (χ3n) is 2.38. The van der Waals surface area contributed by atoms with Gasteiger partial charge in [-0.2, -0.15) is 0 Å². The Bertz CT molecular complexity index is 137. The second-order valence-corrected chi connectivity index (χ2v) is 3.32. The Morgan fingerprint density at radius 1 is 1.20 bits per heavy atom. The highest BCUT2D eigenvalue weighted by atomic mass is 16.6. The predicted octanol–water partition coefficient (Wildman–Crippen LogP) is 2.48. The Morgan fingerprint density at radius 2 is 1.90 bits per heavy atom. The fourth-order valence-electron chi connectivity index (χ4n) is 1.70. The SMILES string of the molecule is C(=C1CO1)C1CCCCC1. The van der Waals surface area contributed by atoms with Crippen molar-refractivity contribution in [2.24, 2.45) is 5.92 Å². The average molecular weight is 138 g/mol. The smallest absolute Gasteiger partial charge is 0.145 e. The van der Waals surface area contributed by atoms with Crippen molar-refractivity contribution in [1.29, 1.82) is 0 Å². The minimum absolute atomic E-state index is 0.853. The van der Waals surface area contributed by atoms with Crippen LogP contribution in [0.5, 0.6) is 0 Å². The van der Waals surface area contributed by atoms with Gasteiger partial charge in [-0.3, -0.25) is 0 Å². The maximum atomic E-state index is 5.07. The first-order valence-corrected chi connectivity index (χ1v) is 4.28. The van der Waals surface area contributed by atoms with Gasteiger partial charge in [-0.15, -0.1) is 0 Å². The van der Waals surface area contributed by atoms with E-state index >= 15 is 0 Å². The van der Waals surface area contributed by atoms with Crippen molar-refractivity contribution < 1.29 is 4.74 Å². The van der Waals surface area contributed by atoms with Gasteiger partial charge in [0.2, 0.25) is 0 Å². The normalized spacial score (nSPS) is 30.2. The van der Waals surface area contributed by atoms with E-state index < -0.39 is 0 Å². The third kappa shape index (κ3) is 1.53. The molecular weight excluding hydrogens is 124 g/mol. The van der Waals surface area contributed by atoms with Gasteiger partial charge >= 0.3 is 0 Å². The predicted molar refractivity (Wildman–Crippen MR) is 40.6 cm³/mol. The molecule has 0 radical (unpaired) electrons. The molecule has 2 fully saturated rings. The Morgan fingerprint density at radius 3 is 2.50 bits per heavy atom. The summed E-state index contributed by atoms with van der Waals surface area (Å²) in [6.07, 6.45) is 9.42. The fraction of sp³-hybridized carbons (Fsp3) is 0.778. The third-order valence-corrected chi connectivity index (χ3v) is 2.38. The molecule has 0 bridgehead atoms. The van der Waals surface area contributed by atoms with Crippen LogP contribution in [0.3, 0.4) is 0 Å². The van der Waals surface area contributed by atoms with Gasteiger partial charge in [-0.05, 0) is 24.8 Å². The van der Waals surface area contributed by atoms with E-state index in [0.29, 0.717) is 0 Å². The standard InChI is InChI=1S/C9H14O/c1-2-4-8(5-3-1)6-9-7-10-9/h6,8H,1-5,7H2. The van der Waals surface area contributed by atoms with Gasteiger partial charge in [0.25, 0.3) is 0 Å². The topological polar surface area (TPSA) is 12.5 Å². The van der Waals surface area contributed by atoms with Gasteiger partial charge < -0.3 is 4.74 Å². The van der Waals surface area contributed by atoms with Crippen LogP contribution in [-0.4, -0.2) is 6.61 Å². The van der Waals surface area contributed by atoms with Crippen LogP contribution in [0, 0.1) is 5.92 Å². The molecule has 2 aliphatic rings. The van der Waals surface area contributed by atoms with Crippen molar-refractivity contribution in [2.45, 2.75) is 32.1 Å². The second kappa shape index (κ2) is 2.65. The van der Waals surface area contributed by atoms with Crippen molar-refractivity contribution in [3.63, 3.8) is 0 Å². The van der Waals surface area contributed by atoms with E-state index in [1.165, 1.54) is 37.9 Å². The second-order valence-electron chi connectivity index (χ2n) is 3.32. The van der Waals surface area contributed by atoms with E-state index in [-0.39, 0.29) is 0 Å². The number of rotatable bonds is 1. The zero-order valence-electron chi connectivity index (χ0n) is 6.31. The van der Waals surface area contributed by atoms with E-state index in [0.717, 1.165) is 12.5 Å². The highest BCUT2D eigenvalue weighted by Gasteiger charge is 2.17. The Kier molecular flexibility index (Phi) is 1.66. The molecule has 0 N–H and O–H groups in total. The maximum Gasteiger partial charge on any atom is 0.145 e. The lowest BCUT2D eigenvalue weighted by Crippen LogP contribution is -2.02. The highest BCUT2D eigenvalue weighted by Crippen LogP contribution is 2.28. The average Bonchev–Trinajstić information content (AvgIpc) is 2.74. The molecule has 10 heavy (non-hydrogen) atoms. The van der Waals surface area contributed by atoms with Crippen LogP contribution in [0.25, 0.3) is 0 Å². The van der Waals surface area contributed by atoms with Crippen molar-refractivity contribution in [3.8, 4) is 0 Å². The molecule has 0 aromatic rings. The van der Waals surface area contributed by atoms with Crippen LogP contribution < -0.4 is 0 Å². The molecule has 1 aliphatic heterocycles. The van der Waals surface area contributed by atoms with Gasteiger partial charge in [0.05, 0.1) is 0 Å². The zero-order chi connectivity index (χ0) is 6.81. The summed E-state index contributed by atoms with van der Waals surface area (Å²) < 4.78 is 5.07. The van der Waals surface area contributed by atoms with Crippen LogP contribution in [0.4, 0.5) is 0 Å². The summed E-state index contributed by atoms with van der Waals surface area (Å²) in [6.45, 7) is 0.913. The summed E-state index contributed by atoms with van der Waals surface area (Å²) in [5.41, 5.74) is 0. The van der Waals surface area contributed by atoms with E-state index in [1.807, 2.05) is 0 Å². The van der Waals surface area contributed by atoms with E-state index in [1.54, 1.807) is 0 Å². The first-order chi connectivity index (χ1) is 4.95. The van der Waals surface area contributed by atoms with Crippen LogP contribution in [-0.2, 0) is 4.74 Å². The molecule has 1 aliphatic carbocycles. The van der Waals surface area contributed by atoms with Crippen molar-refractivity contribution in [2.75, 3.05) is 6.61 Å². The minimum Gasteiger partial charge on any atom is -0.487 e.